The molecule has 0 heterocycles. The van der Waals surface area contributed by atoms with E-state index in [2.05, 4.69) is 17.8 Å². The van der Waals surface area contributed by atoms with Crippen molar-refractivity contribution in [3.8, 4) is 24.2 Å². The van der Waals surface area contributed by atoms with E-state index in [9.17, 15) is 14.4 Å². The maximum atomic E-state index is 12.3. The smallest absolute Gasteiger partial charge is 0.311 e. The zero-order valence-corrected chi connectivity index (χ0v) is 19.6. The second kappa shape index (κ2) is 13.9. The molecule has 1 aromatic rings. The molecule has 0 aliphatic carbocycles. The summed E-state index contributed by atoms with van der Waals surface area (Å²) in [5, 5.41) is 0. The van der Waals surface area contributed by atoms with Gasteiger partial charge in [-0.25, -0.2) is 0 Å². The number of ether oxygens (including phenoxy) is 5. The highest BCUT2D eigenvalue weighted by molar-refractivity contribution is 5.75. The van der Waals surface area contributed by atoms with Crippen LogP contribution in [-0.2, 0) is 38.1 Å². The molecular weight excluding hydrogens is 428 g/mol. The van der Waals surface area contributed by atoms with Crippen LogP contribution in [-0.4, -0.2) is 56.2 Å². The third kappa shape index (κ3) is 11.7. The van der Waals surface area contributed by atoms with Crippen molar-refractivity contribution in [2.24, 2.45) is 5.41 Å². The Morgan fingerprint density at radius 1 is 1.00 bits per heavy atom. The molecule has 0 aliphatic rings. The second-order valence-electron chi connectivity index (χ2n) is 7.94. The lowest BCUT2D eigenvalue weighted by Gasteiger charge is -2.28. The first-order valence-electron chi connectivity index (χ1n) is 10.3. The molecular formula is C25H30O8. The molecule has 0 N–H and O–H groups in total. The Labute approximate surface area is 194 Å². The molecule has 1 unspecified atom stereocenters. The van der Waals surface area contributed by atoms with Gasteiger partial charge in [-0.15, -0.1) is 6.42 Å². The Morgan fingerprint density at radius 3 is 2.21 bits per heavy atom. The van der Waals surface area contributed by atoms with E-state index in [0.717, 1.165) is 0 Å². The number of esters is 3. The molecule has 8 nitrogen and oxygen atoms in total. The third-order valence-corrected chi connectivity index (χ3v) is 3.85. The van der Waals surface area contributed by atoms with Gasteiger partial charge in [0, 0.05) is 19.4 Å². The van der Waals surface area contributed by atoms with Crippen molar-refractivity contribution in [2.75, 3.05) is 19.8 Å². The average molecular weight is 459 g/mol. The highest BCUT2D eigenvalue weighted by Crippen LogP contribution is 2.17. The minimum Gasteiger partial charge on any atom is -0.462 e. The van der Waals surface area contributed by atoms with Crippen LogP contribution in [0, 0.1) is 29.6 Å². The number of hydrogen-bond acceptors (Lipinski definition) is 8. The normalized spacial score (nSPS) is 13.3. The number of benzene rings is 1. The molecule has 0 saturated heterocycles. The first-order chi connectivity index (χ1) is 15.5. The van der Waals surface area contributed by atoms with Crippen molar-refractivity contribution in [1.29, 1.82) is 0 Å². The molecule has 0 fully saturated rings. The summed E-state index contributed by atoms with van der Waals surface area (Å²) in [6.45, 7) is 6.76. The summed E-state index contributed by atoms with van der Waals surface area (Å²) in [6, 6.07) is 9.13. The van der Waals surface area contributed by atoms with Gasteiger partial charge >= 0.3 is 17.9 Å². The van der Waals surface area contributed by atoms with Crippen molar-refractivity contribution in [3.05, 3.63) is 35.9 Å². The molecule has 3 atom stereocenters. The number of rotatable bonds is 10. The molecule has 1 rings (SSSR count). The summed E-state index contributed by atoms with van der Waals surface area (Å²) in [4.78, 5) is 35.1. The molecule has 0 bridgehead atoms. The lowest BCUT2D eigenvalue weighted by Crippen LogP contribution is -2.42. The second-order valence-corrected chi connectivity index (χ2v) is 7.94. The van der Waals surface area contributed by atoms with Crippen LogP contribution in [0.15, 0.2) is 30.3 Å². The predicted octanol–water partition coefficient (Wildman–Crippen LogP) is 2.48. The third-order valence-electron chi connectivity index (χ3n) is 3.85. The van der Waals surface area contributed by atoms with Gasteiger partial charge in [0.05, 0.1) is 5.41 Å². The topological polar surface area (TPSA) is 97.4 Å². The average Bonchev–Trinajstić information content (AvgIpc) is 2.74. The summed E-state index contributed by atoms with van der Waals surface area (Å²) >= 11 is 0. The molecule has 0 spiro atoms. The predicted molar refractivity (Wildman–Crippen MR) is 119 cm³/mol. The minimum atomic E-state index is -1.28. The van der Waals surface area contributed by atoms with E-state index in [1.807, 2.05) is 30.3 Å². The van der Waals surface area contributed by atoms with E-state index in [0.29, 0.717) is 5.56 Å². The maximum absolute atomic E-state index is 12.3. The van der Waals surface area contributed by atoms with E-state index in [-0.39, 0.29) is 19.8 Å². The van der Waals surface area contributed by atoms with Gasteiger partial charge in [-0.2, -0.15) is 0 Å². The lowest BCUT2D eigenvalue weighted by molar-refractivity contribution is -0.220. The van der Waals surface area contributed by atoms with Crippen LogP contribution in [0.1, 0.15) is 40.2 Å². The minimum absolute atomic E-state index is 0.0939. The SMILES string of the molecule is C#CCO[C@H](C#Cc1ccccc1)[C@@H](COC(=O)C(C)(C)C)OC(COC(C)=O)OC(C)=O. The molecule has 0 amide bonds. The zero-order chi connectivity index (χ0) is 24.9. The largest absolute Gasteiger partial charge is 0.462 e. The van der Waals surface area contributed by atoms with Gasteiger partial charge < -0.3 is 23.7 Å². The Hall–Kier alpha value is -3.33. The van der Waals surface area contributed by atoms with Crippen LogP contribution in [0.5, 0.6) is 0 Å². The Bertz CT molecular complexity index is 883. The van der Waals surface area contributed by atoms with E-state index < -0.39 is 41.8 Å². The molecule has 1 aromatic carbocycles. The molecule has 0 aliphatic heterocycles. The number of terminal acetylenes is 1. The van der Waals surface area contributed by atoms with Crippen molar-refractivity contribution in [2.45, 2.75) is 53.1 Å². The van der Waals surface area contributed by atoms with Crippen molar-refractivity contribution in [3.63, 3.8) is 0 Å². The Morgan fingerprint density at radius 2 is 1.67 bits per heavy atom. The molecule has 0 radical (unpaired) electrons. The lowest BCUT2D eigenvalue weighted by atomic mass is 9.97. The molecule has 0 aromatic heterocycles. The number of carbonyl (C=O) groups is 3. The maximum Gasteiger partial charge on any atom is 0.311 e. The van der Waals surface area contributed by atoms with Crippen LogP contribution >= 0.6 is 0 Å². The Balaban J connectivity index is 3.20. The fourth-order valence-corrected chi connectivity index (χ4v) is 2.29. The van der Waals surface area contributed by atoms with Crippen LogP contribution in [0.4, 0.5) is 0 Å². The number of hydrogen-bond donors (Lipinski definition) is 0. The summed E-state index contributed by atoms with van der Waals surface area (Å²) in [6.07, 6.45) is 2.09. The van der Waals surface area contributed by atoms with Gasteiger partial charge in [0.2, 0.25) is 6.29 Å². The molecule has 33 heavy (non-hydrogen) atoms. The van der Waals surface area contributed by atoms with Crippen molar-refractivity contribution < 1.29 is 38.1 Å². The quantitative estimate of drug-likeness (QED) is 0.228. The van der Waals surface area contributed by atoms with E-state index >= 15 is 0 Å². The van der Waals surface area contributed by atoms with Gasteiger partial charge in [-0.05, 0) is 32.9 Å². The van der Waals surface area contributed by atoms with Crippen molar-refractivity contribution in [1.82, 2.24) is 0 Å². The molecule has 178 valence electrons. The monoisotopic (exact) mass is 458 g/mol. The first-order valence-corrected chi connectivity index (χ1v) is 10.3. The highest BCUT2D eigenvalue weighted by atomic mass is 16.7. The summed E-state index contributed by atoms with van der Waals surface area (Å²) in [7, 11) is 0. The summed E-state index contributed by atoms with van der Waals surface area (Å²) in [5.74, 6) is 6.52. The van der Waals surface area contributed by atoms with Gasteiger partial charge in [-0.3, -0.25) is 14.4 Å². The van der Waals surface area contributed by atoms with Crippen molar-refractivity contribution >= 4 is 17.9 Å². The van der Waals surface area contributed by atoms with Gasteiger partial charge in [-0.1, -0.05) is 36.0 Å². The van der Waals surface area contributed by atoms with Crippen LogP contribution in [0.2, 0.25) is 0 Å². The Kier molecular flexibility index (Phi) is 11.7. The van der Waals surface area contributed by atoms with Crippen LogP contribution in [0.3, 0.4) is 0 Å². The standard InChI is InChI=1S/C25H30O8/c1-7-15-29-21(14-13-20-11-9-8-10-12-20)22(16-31-24(28)25(4,5)6)33-23(32-19(3)27)17-30-18(2)26/h1,8-12,21-23H,15-17H2,2-6H3/t21-,22-,23?/m1/s1. The fraction of sp³-hybridized carbons (Fsp3) is 0.480. The zero-order valence-electron chi connectivity index (χ0n) is 19.6. The van der Waals surface area contributed by atoms with Gasteiger partial charge in [0.25, 0.3) is 0 Å². The van der Waals surface area contributed by atoms with Crippen LogP contribution in [0.25, 0.3) is 0 Å². The molecule has 0 saturated carbocycles. The summed E-state index contributed by atoms with van der Waals surface area (Å²) < 4.78 is 26.9. The first kappa shape index (κ1) is 27.7. The van der Waals surface area contributed by atoms with Crippen LogP contribution < -0.4 is 0 Å². The number of carbonyl (C=O) groups excluding carboxylic acids is 3. The molecule has 8 heteroatoms. The van der Waals surface area contributed by atoms with E-state index in [4.69, 9.17) is 30.1 Å². The van der Waals surface area contributed by atoms with E-state index in [1.54, 1.807) is 20.8 Å². The fourth-order valence-electron chi connectivity index (χ4n) is 2.29. The van der Waals surface area contributed by atoms with Gasteiger partial charge in [0.1, 0.15) is 25.4 Å². The van der Waals surface area contributed by atoms with E-state index in [1.165, 1.54) is 13.8 Å². The highest BCUT2D eigenvalue weighted by Gasteiger charge is 2.31. The summed E-state index contributed by atoms with van der Waals surface area (Å²) in [5.41, 5.74) is -0.0451. The van der Waals surface area contributed by atoms with Gasteiger partial charge in [0.15, 0.2) is 6.61 Å².